The number of halogens is 3. The van der Waals surface area contributed by atoms with Gasteiger partial charge in [0.15, 0.2) is 0 Å². The van der Waals surface area contributed by atoms with Crippen molar-refractivity contribution in [3.63, 3.8) is 0 Å². The first-order valence-electron chi connectivity index (χ1n) is 7.83. The quantitative estimate of drug-likeness (QED) is 0.827. The Morgan fingerprint density at radius 3 is 2.78 bits per heavy atom. The zero-order valence-corrected chi connectivity index (χ0v) is 13.2. The maximum Gasteiger partial charge on any atom is 0.416 e. The number of methoxy groups -OCH3 is 1. The van der Waals surface area contributed by atoms with Gasteiger partial charge in [-0.2, -0.15) is 13.2 Å². The highest BCUT2D eigenvalue weighted by Gasteiger charge is 2.33. The molecule has 0 N–H and O–H groups in total. The van der Waals surface area contributed by atoms with Crippen LogP contribution in [0.25, 0.3) is 0 Å². The number of benzene rings is 1. The molecule has 6 heteroatoms. The molecule has 1 saturated heterocycles. The Morgan fingerprint density at radius 2 is 2.09 bits per heavy atom. The number of ether oxygens (including phenoxy) is 1. The molecule has 23 heavy (non-hydrogen) atoms. The number of aryl methyl sites for hydroxylation is 1. The number of carbonyl (C=O) groups excluding carboxylic acids is 1. The molecule has 1 aliphatic rings. The second-order valence-electron chi connectivity index (χ2n) is 5.97. The third-order valence-corrected chi connectivity index (χ3v) is 4.28. The van der Waals surface area contributed by atoms with Gasteiger partial charge in [-0.1, -0.05) is 18.2 Å². The van der Waals surface area contributed by atoms with E-state index in [1.807, 2.05) is 0 Å². The molecule has 1 atom stereocenters. The second kappa shape index (κ2) is 7.81. The molecule has 2 rings (SSSR count). The number of piperidine rings is 1. The number of alkyl halides is 3. The lowest BCUT2D eigenvalue weighted by Crippen LogP contribution is -2.41. The Morgan fingerprint density at radius 1 is 1.35 bits per heavy atom. The predicted molar refractivity (Wildman–Crippen MR) is 80.9 cm³/mol. The van der Waals surface area contributed by atoms with E-state index in [4.69, 9.17) is 4.74 Å². The van der Waals surface area contributed by atoms with Crippen LogP contribution in [0.2, 0.25) is 0 Å². The SMILES string of the molecule is COCC(=O)N1CCC[C@H](CCc2ccccc2C(F)(F)F)C1. The first-order chi connectivity index (χ1) is 10.9. The van der Waals surface area contributed by atoms with Gasteiger partial charge in [-0.3, -0.25) is 4.79 Å². The minimum atomic E-state index is -4.32. The van der Waals surface area contributed by atoms with Crippen molar-refractivity contribution in [2.24, 2.45) is 5.92 Å². The number of hydrogen-bond donors (Lipinski definition) is 0. The summed E-state index contributed by atoms with van der Waals surface area (Å²) >= 11 is 0. The highest BCUT2D eigenvalue weighted by atomic mass is 19.4. The summed E-state index contributed by atoms with van der Waals surface area (Å²) in [6, 6.07) is 5.72. The van der Waals surface area contributed by atoms with Crippen molar-refractivity contribution in [1.29, 1.82) is 0 Å². The first-order valence-corrected chi connectivity index (χ1v) is 7.83. The average molecular weight is 329 g/mol. The molecule has 0 unspecified atom stereocenters. The minimum absolute atomic E-state index is 0.0482. The molecule has 3 nitrogen and oxygen atoms in total. The lowest BCUT2D eigenvalue weighted by Gasteiger charge is -2.33. The Hall–Kier alpha value is -1.56. The van der Waals surface area contributed by atoms with Crippen LogP contribution in [0.4, 0.5) is 13.2 Å². The maximum atomic E-state index is 13.0. The van der Waals surface area contributed by atoms with E-state index in [2.05, 4.69) is 0 Å². The van der Waals surface area contributed by atoms with Gasteiger partial charge in [0.2, 0.25) is 5.91 Å². The van der Waals surface area contributed by atoms with Gasteiger partial charge in [-0.05, 0) is 43.2 Å². The standard InChI is InChI=1S/C17H22F3NO2/c1-23-12-16(22)21-10-4-5-13(11-21)8-9-14-6-2-3-7-15(14)17(18,19)20/h2-3,6-7,13H,4-5,8-12H2,1H3/t13-/m1/s1. The van der Waals surface area contributed by atoms with Crippen molar-refractivity contribution in [3.05, 3.63) is 35.4 Å². The van der Waals surface area contributed by atoms with Gasteiger partial charge < -0.3 is 9.64 Å². The molecule has 1 aliphatic heterocycles. The predicted octanol–water partition coefficient (Wildman–Crippen LogP) is 3.52. The molecule has 1 aromatic rings. The summed E-state index contributed by atoms with van der Waals surface area (Å²) in [5.41, 5.74) is -0.219. The van der Waals surface area contributed by atoms with E-state index in [0.717, 1.165) is 18.9 Å². The number of likely N-dealkylation sites (tertiary alicyclic amines) is 1. The van der Waals surface area contributed by atoms with Crippen molar-refractivity contribution >= 4 is 5.91 Å². The van der Waals surface area contributed by atoms with E-state index in [-0.39, 0.29) is 18.4 Å². The fourth-order valence-electron chi connectivity index (χ4n) is 3.12. The molecule has 0 aromatic heterocycles. The van der Waals surface area contributed by atoms with Crippen LogP contribution in [0, 0.1) is 5.92 Å². The molecule has 0 bridgehead atoms. The van der Waals surface area contributed by atoms with Crippen LogP contribution in [-0.2, 0) is 22.1 Å². The van der Waals surface area contributed by atoms with E-state index in [1.54, 1.807) is 17.0 Å². The third-order valence-electron chi connectivity index (χ3n) is 4.28. The summed E-state index contributed by atoms with van der Waals surface area (Å²) in [5.74, 6) is 0.193. The molecule has 0 aliphatic carbocycles. The van der Waals surface area contributed by atoms with Gasteiger partial charge >= 0.3 is 6.18 Å². The monoisotopic (exact) mass is 329 g/mol. The van der Waals surface area contributed by atoms with E-state index in [9.17, 15) is 18.0 Å². The number of hydrogen-bond acceptors (Lipinski definition) is 2. The fourth-order valence-corrected chi connectivity index (χ4v) is 3.12. The van der Waals surface area contributed by atoms with Crippen LogP contribution in [0.3, 0.4) is 0 Å². The van der Waals surface area contributed by atoms with Gasteiger partial charge in [-0.25, -0.2) is 0 Å². The average Bonchev–Trinajstić information content (AvgIpc) is 2.53. The van der Waals surface area contributed by atoms with Crippen LogP contribution in [0.15, 0.2) is 24.3 Å². The molecular weight excluding hydrogens is 307 g/mol. The Labute approximate surface area is 134 Å². The highest BCUT2D eigenvalue weighted by molar-refractivity contribution is 5.77. The smallest absolute Gasteiger partial charge is 0.375 e. The Kier molecular flexibility index (Phi) is 6.04. The number of amides is 1. The molecule has 128 valence electrons. The number of rotatable bonds is 5. The summed E-state index contributed by atoms with van der Waals surface area (Å²) in [5, 5.41) is 0. The lowest BCUT2D eigenvalue weighted by atomic mass is 9.90. The van der Waals surface area contributed by atoms with Crippen LogP contribution in [0.5, 0.6) is 0 Å². The summed E-state index contributed by atoms with van der Waals surface area (Å²) < 4.78 is 43.9. The van der Waals surface area contributed by atoms with Crippen LogP contribution in [-0.4, -0.2) is 37.6 Å². The minimum Gasteiger partial charge on any atom is -0.375 e. The molecule has 1 heterocycles. The highest BCUT2D eigenvalue weighted by Crippen LogP contribution is 2.33. The van der Waals surface area contributed by atoms with Gasteiger partial charge in [0.05, 0.1) is 5.56 Å². The topological polar surface area (TPSA) is 29.5 Å². The normalized spacial score (nSPS) is 19.0. The maximum absolute atomic E-state index is 13.0. The van der Waals surface area contributed by atoms with E-state index < -0.39 is 11.7 Å². The Bertz CT molecular complexity index is 531. The zero-order chi connectivity index (χ0) is 16.9. The van der Waals surface area contributed by atoms with Gasteiger partial charge in [-0.15, -0.1) is 0 Å². The Balaban J connectivity index is 1.95. The van der Waals surface area contributed by atoms with E-state index in [1.165, 1.54) is 13.2 Å². The molecular formula is C17H22F3NO2. The van der Waals surface area contributed by atoms with Crippen LogP contribution < -0.4 is 0 Å². The van der Waals surface area contributed by atoms with Crippen molar-refractivity contribution in [2.75, 3.05) is 26.8 Å². The first kappa shape index (κ1) is 17.8. The van der Waals surface area contributed by atoms with Crippen LogP contribution in [0.1, 0.15) is 30.4 Å². The second-order valence-corrected chi connectivity index (χ2v) is 5.97. The van der Waals surface area contributed by atoms with Crippen molar-refractivity contribution in [1.82, 2.24) is 4.90 Å². The van der Waals surface area contributed by atoms with Crippen molar-refractivity contribution in [3.8, 4) is 0 Å². The van der Waals surface area contributed by atoms with Crippen LogP contribution >= 0.6 is 0 Å². The summed E-state index contributed by atoms with van der Waals surface area (Å²) in [6.07, 6.45) is -1.44. The van der Waals surface area contributed by atoms with Gasteiger partial charge in [0, 0.05) is 20.2 Å². The third kappa shape index (κ3) is 4.96. The van der Waals surface area contributed by atoms with Gasteiger partial charge in [0.25, 0.3) is 0 Å². The van der Waals surface area contributed by atoms with Crippen molar-refractivity contribution < 1.29 is 22.7 Å². The summed E-state index contributed by atoms with van der Waals surface area (Å²) in [4.78, 5) is 13.6. The van der Waals surface area contributed by atoms with E-state index in [0.29, 0.717) is 31.5 Å². The zero-order valence-electron chi connectivity index (χ0n) is 13.2. The van der Waals surface area contributed by atoms with Crippen molar-refractivity contribution in [2.45, 2.75) is 31.9 Å². The molecule has 0 radical (unpaired) electrons. The number of nitrogens with zero attached hydrogens (tertiary/aromatic N) is 1. The molecule has 1 fully saturated rings. The fraction of sp³-hybridized carbons (Fsp3) is 0.588. The largest absolute Gasteiger partial charge is 0.416 e. The summed E-state index contributed by atoms with van der Waals surface area (Å²) in [7, 11) is 1.48. The lowest BCUT2D eigenvalue weighted by molar-refractivity contribution is -0.138. The van der Waals surface area contributed by atoms with E-state index >= 15 is 0 Å². The number of carbonyl (C=O) groups is 1. The summed E-state index contributed by atoms with van der Waals surface area (Å²) in [6.45, 7) is 1.37. The molecule has 0 spiro atoms. The molecule has 0 saturated carbocycles. The molecule has 1 aromatic carbocycles. The van der Waals surface area contributed by atoms with Gasteiger partial charge in [0.1, 0.15) is 6.61 Å². The molecule has 1 amide bonds.